The molecule has 0 unspecified atom stereocenters. The minimum atomic E-state index is -4.76. The summed E-state index contributed by atoms with van der Waals surface area (Å²) in [4.78, 5) is 15.1. The fourth-order valence-corrected chi connectivity index (χ4v) is 4.27. The average molecular weight is 501 g/mol. The molecule has 3 aromatic rings. The highest BCUT2D eigenvalue weighted by Gasteiger charge is 2.28. The van der Waals surface area contributed by atoms with Crippen LogP contribution in [-0.2, 0) is 28.6 Å². The first-order valence-electron chi connectivity index (χ1n) is 9.51. The van der Waals surface area contributed by atoms with Gasteiger partial charge in [-0.2, -0.15) is 0 Å². The lowest BCUT2D eigenvalue weighted by molar-refractivity contribution is 0.0706. The summed E-state index contributed by atoms with van der Waals surface area (Å²) in [5.74, 6) is -10.9. The number of carbonyl (C=O) groups excluding carboxylic acids is 1. The van der Waals surface area contributed by atoms with E-state index in [1.54, 1.807) is 12.1 Å². The van der Waals surface area contributed by atoms with E-state index < -0.39 is 74.0 Å². The standard InChI is InChI=1S/C21H16F5N3O4S/c22-15-8-12(21(30)28-31)4-5-13(15)10-34(32,33)29-20-18(25)16(23)14(17(24)19(20)26)6-3-11-2-1-7-27-9-11/h1-2,4-5,7-9,29,31H,3,6,10H2,(H,28,30). The maximum absolute atomic E-state index is 14.5. The lowest BCUT2D eigenvalue weighted by atomic mass is 10.0. The number of rotatable bonds is 8. The van der Waals surface area contributed by atoms with Crippen LogP contribution in [0.4, 0.5) is 27.6 Å². The summed E-state index contributed by atoms with van der Waals surface area (Å²) in [5.41, 5.74) is -1.54. The van der Waals surface area contributed by atoms with Crippen LogP contribution in [0.2, 0.25) is 0 Å². The van der Waals surface area contributed by atoms with Crippen LogP contribution in [0.3, 0.4) is 0 Å². The van der Waals surface area contributed by atoms with Crippen molar-refractivity contribution in [3.63, 3.8) is 0 Å². The molecule has 0 aliphatic carbocycles. The molecule has 1 amide bonds. The molecule has 34 heavy (non-hydrogen) atoms. The zero-order chi connectivity index (χ0) is 25.0. The first-order chi connectivity index (χ1) is 16.0. The molecule has 0 spiro atoms. The predicted molar refractivity (Wildman–Crippen MR) is 110 cm³/mol. The van der Waals surface area contributed by atoms with Gasteiger partial charge in [-0.05, 0) is 36.6 Å². The van der Waals surface area contributed by atoms with Gasteiger partial charge in [-0.1, -0.05) is 12.1 Å². The van der Waals surface area contributed by atoms with Gasteiger partial charge in [0.1, 0.15) is 11.5 Å². The number of nitrogens with one attached hydrogen (secondary N) is 2. The second kappa shape index (κ2) is 10.1. The van der Waals surface area contributed by atoms with Crippen molar-refractivity contribution in [2.24, 2.45) is 0 Å². The molecule has 1 aromatic heterocycles. The molecule has 3 rings (SSSR count). The van der Waals surface area contributed by atoms with Gasteiger partial charge in [0, 0.05) is 29.1 Å². The summed E-state index contributed by atoms with van der Waals surface area (Å²) < 4.78 is 98.2. The Bertz CT molecular complexity index is 1310. The minimum Gasteiger partial charge on any atom is -0.288 e. The quantitative estimate of drug-likeness (QED) is 0.189. The Hall–Kier alpha value is -3.58. The largest absolute Gasteiger partial charge is 0.288 e. The number of hydroxylamine groups is 1. The molecule has 0 atom stereocenters. The van der Waals surface area contributed by atoms with Crippen molar-refractivity contribution in [3.8, 4) is 0 Å². The Morgan fingerprint density at radius 3 is 2.21 bits per heavy atom. The Labute approximate surface area is 190 Å². The molecule has 2 aromatic carbocycles. The van der Waals surface area contributed by atoms with Gasteiger partial charge in [-0.25, -0.2) is 35.8 Å². The van der Waals surface area contributed by atoms with Crippen LogP contribution in [-0.4, -0.2) is 24.5 Å². The van der Waals surface area contributed by atoms with Crippen LogP contribution in [0.1, 0.15) is 27.0 Å². The van der Waals surface area contributed by atoms with Crippen LogP contribution < -0.4 is 10.2 Å². The Kier molecular flexibility index (Phi) is 7.47. The first kappa shape index (κ1) is 25.1. The van der Waals surface area contributed by atoms with Crippen molar-refractivity contribution in [1.82, 2.24) is 10.5 Å². The highest BCUT2D eigenvalue weighted by atomic mass is 32.2. The second-order valence-corrected chi connectivity index (χ2v) is 8.80. The van der Waals surface area contributed by atoms with Gasteiger partial charge in [-0.3, -0.25) is 19.7 Å². The summed E-state index contributed by atoms with van der Waals surface area (Å²) in [6.45, 7) is 0. The number of anilines is 1. The average Bonchev–Trinajstić information content (AvgIpc) is 2.82. The highest BCUT2D eigenvalue weighted by molar-refractivity contribution is 7.91. The van der Waals surface area contributed by atoms with E-state index in [4.69, 9.17) is 5.21 Å². The Balaban J connectivity index is 1.85. The third-order valence-electron chi connectivity index (χ3n) is 4.76. The Morgan fingerprint density at radius 1 is 0.971 bits per heavy atom. The number of aromatic nitrogens is 1. The molecular formula is C21H16F5N3O4S. The van der Waals surface area contributed by atoms with Gasteiger partial charge in [0.25, 0.3) is 5.91 Å². The zero-order valence-electron chi connectivity index (χ0n) is 17.1. The summed E-state index contributed by atoms with van der Waals surface area (Å²) >= 11 is 0. The van der Waals surface area contributed by atoms with Crippen molar-refractivity contribution in [2.45, 2.75) is 18.6 Å². The molecule has 0 aliphatic heterocycles. The SMILES string of the molecule is O=C(NO)c1ccc(CS(=O)(=O)Nc2c(F)c(F)c(CCc3cccnc3)c(F)c2F)c(F)c1. The van der Waals surface area contributed by atoms with Gasteiger partial charge < -0.3 is 0 Å². The fraction of sp³-hybridized carbons (Fsp3) is 0.143. The second-order valence-electron chi connectivity index (χ2n) is 7.08. The fourth-order valence-electron chi connectivity index (χ4n) is 3.07. The third kappa shape index (κ3) is 5.48. The van der Waals surface area contributed by atoms with E-state index in [1.165, 1.54) is 22.6 Å². The van der Waals surface area contributed by atoms with E-state index >= 15 is 0 Å². The predicted octanol–water partition coefficient (Wildman–Crippen LogP) is 3.62. The Morgan fingerprint density at radius 2 is 1.65 bits per heavy atom. The van der Waals surface area contributed by atoms with Crippen molar-refractivity contribution in [1.29, 1.82) is 0 Å². The van der Waals surface area contributed by atoms with Crippen molar-refractivity contribution >= 4 is 21.6 Å². The number of hydrogen-bond acceptors (Lipinski definition) is 5. The summed E-state index contributed by atoms with van der Waals surface area (Å²) in [6.07, 6.45) is 2.46. The van der Waals surface area contributed by atoms with E-state index in [1.807, 2.05) is 0 Å². The number of sulfonamides is 1. The van der Waals surface area contributed by atoms with Crippen LogP contribution in [0.5, 0.6) is 0 Å². The maximum Gasteiger partial charge on any atom is 0.274 e. The lowest BCUT2D eigenvalue weighted by Gasteiger charge is -2.14. The van der Waals surface area contributed by atoms with Gasteiger partial charge >= 0.3 is 0 Å². The number of carbonyl (C=O) groups is 1. The number of aryl methyl sites for hydroxylation is 1. The maximum atomic E-state index is 14.5. The minimum absolute atomic E-state index is 0.00914. The van der Waals surface area contributed by atoms with E-state index in [9.17, 15) is 35.2 Å². The number of hydrogen-bond donors (Lipinski definition) is 3. The number of amides is 1. The zero-order valence-corrected chi connectivity index (χ0v) is 17.9. The van der Waals surface area contributed by atoms with E-state index in [2.05, 4.69) is 4.98 Å². The summed E-state index contributed by atoms with van der Waals surface area (Å²) in [7, 11) is -4.76. The molecule has 0 aliphatic rings. The third-order valence-corrected chi connectivity index (χ3v) is 5.97. The smallest absolute Gasteiger partial charge is 0.274 e. The number of nitrogens with zero attached hydrogens (tertiary/aromatic N) is 1. The molecular weight excluding hydrogens is 485 g/mol. The molecule has 3 N–H and O–H groups in total. The van der Waals surface area contributed by atoms with Crippen LogP contribution in [0.25, 0.3) is 0 Å². The van der Waals surface area contributed by atoms with Gasteiger partial charge in [-0.15, -0.1) is 0 Å². The van der Waals surface area contributed by atoms with Crippen molar-refractivity contribution < 1.29 is 40.4 Å². The molecule has 0 radical (unpaired) electrons. The van der Waals surface area contributed by atoms with Gasteiger partial charge in [0.2, 0.25) is 10.0 Å². The molecule has 13 heteroatoms. The lowest BCUT2D eigenvalue weighted by Crippen LogP contribution is -2.21. The molecule has 0 fully saturated rings. The number of halogens is 5. The molecule has 180 valence electrons. The highest BCUT2D eigenvalue weighted by Crippen LogP contribution is 2.30. The monoisotopic (exact) mass is 501 g/mol. The van der Waals surface area contributed by atoms with Crippen molar-refractivity contribution in [3.05, 3.63) is 94.1 Å². The molecule has 0 saturated heterocycles. The van der Waals surface area contributed by atoms with Gasteiger partial charge in [0.15, 0.2) is 23.3 Å². The molecule has 1 heterocycles. The van der Waals surface area contributed by atoms with E-state index in [-0.39, 0.29) is 12.0 Å². The summed E-state index contributed by atoms with van der Waals surface area (Å²) in [6, 6.07) is 5.65. The van der Waals surface area contributed by atoms with E-state index in [0.717, 1.165) is 12.1 Å². The first-order valence-corrected chi connectivity index (χ1v) is 11.2. The van der Waals surface area contributed by atoms with Crippen LogP contribution in [0.15, 0.2) is 42.7 Å². The topological polar surface area (TPSA) is 108 Å². The van der Waals surface area contributed by atoms with Gasteiger partial charge in [0.05, 0.1) is 5.75 Å². The normalized spacial score (nSPS) is 11.4. The molecule has 0 bridgehead atoms. The molecule has 0 saturated carbocycles. The van der Waals surface area contributed by atoms with Crippen molar-refractivity contribution in [2.75, 3.05) is 4.72 Å². The molecule has 7 nitrogen and oxygen atoms in total. The van der Waals surface area contributed by atoms with Crippen LogP contribution in [0, 0.1) is 29.1 Å². The van der Waals surface area contributed by atoms with E-state index in [0.29, 0.717) is 11.6 Å². The summed E-state index contributed by atoms with van der Waals surface area (Å²) in [5, 5.41) is 8.54. The number of pyridine rings is 1. The number of benzene rings is 2. The van der Waals surface area contributed by atoms with Crippen LogP contribution >= 0.6 is 0 Å².